The van der Waals surface area contributed by atoms with E-state index in [4.69, 9.17) is 0 Å². The zero-order chi connectivity index (χ0) is 16.4. The van der Waals surface area contributed by atoms with Gasteiger partial charge >= 0.3 is 6.18 Å². The van der Waals surface area contributed by atoms with Crippen LogP contribution in [0.25, 0.3) is 0 Å². The van der Waals surface area contributed by atoms with Crippen LogP contribution in [0.3, 0.4) is 0 Å². The number of amides is 1. The standard InChI is InChI=1S/C16H22F3N3O/c17-16(18,19)14-7-2-1-6-13(14)15(23)21-9-3-5-12(11-21)22-10-4-8-20-22/h4,8,10,12-14H,1-3,5-7,9,11H2/t12-,13+,14-/m0/s1. The van der Waals surface area contributed by atoms with Crippen LogP contribution in [0.1, 0.15) is 44.6 Å². The molecule has 3 rings (SSSR count). The smallest absolute Gasteiger partial charge is 0.340 e. The highest BCUT2D eigenvalue weighted by Crippen LogP contribution is 2.42. The minimum absolute atomic E-state index is 0.0654. The summed E-state index contributed by atoms with van der Waals surface area (Å²) in [7, 11) is 0. The van der Waals surface area contributed by atoms with Gasteiger partial charge in [-0.25, -0.2) is 0 Å². The largest absolute Gasteiger partial charge is 0.392 e. The van der Waals surface area contributed by atoms with Crippen LogP contribution in [0.5, 0.6) is 0 Å². The van der Waals surface area contributed by atoms with Crippen LogP contribution >= 0.6 is 0 Å². The Labute approximate surface area is 133 Å². The van der Waals surface area contributed by atoms with Crippen molar-refractivity contribution in [3.8, 4) is 0 Å². The van der Waals surface area contributed by atoms with Gasteiger partial charge in [-0.05, 0) is 31.7 Å². The normalized spacial score (nSPS) is 29.5. The summed E-state index contributed by atoms with van der Waals surface area (Å²) in [5, 5.41) is 4.20. The lowest BCUT2D eigenvalue weighted by Gasteiger charge is -2.39. The number of hydrogen-bond donors (Lipinski definition) is 0. The highest BCUT2D eigenvalue weighted by atomic mass is 19.4. The van der Waals surface area contributed by atoms with E-state index >= 15 is 0 Å². The van der Waals surface area contributed by atoms with Crippen molar-refractivity contribution in [3.05, 3.63) is 18.5 Å². The van der Waals surface area contributed by atoms with Crippen LogP contribution in [-0.4, -0.2) is 39.9 Å². The summed E-state index contributed by atoms with van der Waals surface area (Å²) in [6, 6.07) is 1.89. The molecule has 2 fully saturated rings. The molecule has 2 heterocycles. The molecular formula is C16H22F3N3O. The zero-order valence-corrected chi connectivity index (χ0v) is 13.0. The number of carbonyl (C=O) groups is 1. The molecule has 1 aromatic rings. The SMILES string of the molecule is O=C([C@@H]1CCCC[C@@H]1C(F)(F)F)N1CCC[C@H](n2cccn2)C1. The fourth-order valence-corrected chi connectivity index (χ4v) is 3.92. The van der Waals surface area contributed by atoms with Crippen molar-refractivity contribution in [2.75, 3.05) is 13.1 Å². The van der Waals surface area contributed by atoms with Gasteiger partial charge in [-0.2, -0.15) is 18.3 Å². The molecule has 7 heteroatoms. The Morgan fingerprint density at radius 2 is 1.91 bits per heavy atom. The van der Waals surface area contributed by atoms with Gasteiger partial charge in [-0.15, -0.1) is 0 Å². The summed E-state index contributed by atoms with van der Waals surface area (Å²) < 4.78 is 41.5. The first-order chi connectivity index (χ1) is 11.0. The van der Waals surface area contributed by atoms with Gasteiger partial charge in [-0.3, -0.25) is 9.48 Å². The third kappa shape index (κ3) is 3.53. The molecule has 1 saturated heterocycles. The number of piperidine rings is 1. The molecule has 23 heavy (non-hydrogen) atoms. The highest BCUT2D eigenvalue weighted by Gasteiger charge is 2.49. The van der Waals surface area contributed by atoms with Crippen molar-refractivity contribution in [1.82, 2.24) is 14.7 Å². The topological polar surface area (TPSA) is 38.1 Å². The zero-order valence-electron chi connectivity index (χ0n) is 13.0. The highest BCUT2D eigenvalue weighted by molar-refractivity contribution is 5.79. The van der Waals surface area contributed by atoms with Gasteiger partial charge < -0.3 is 4.90 Å². The molecule has 1 aromatic heterocycles. The number of halogens is 3. The summed E-state index contributed by atoms with van der Waals surface area (Å²) >= 11 is 0. The molecule has 128 valence electrons. The van der Waals surface area contributed by atoms with Crippen molar-refractivity contribution in [3.63, 3.8) is 0 Å². The number of hydrogen-bond acceptors (Lipinski definition) is 2. The summed E-state index contributed by atoms with van der Waals surface area (Å²) in [6.45, 7) is 1.01. The van der Waals surface area contributed by atoms with E-state index in [0.29, 0.717) is 32.4 Å². The lowest BCUT2D eigenvalue weighted by Crippen LogP contribution is -2.48. The van der Waals surface area contributed by atoms with Crippen molar-refractivity contribution in [1.29, 1.82) is 0 Å². The number of aromatic nitrogens is 2. The molecular weight excluding hydrogens is 307 g/mol. The summed E-state index contributed by atoms with van der Waals surface area (Å²) in [5.41, 5.74) is 0. The van der Waals surface area contributed by atoms with Gasteiger partial charge in [0.1, 0.15) is 0 Å². The number of likely N-dealkylation sites (tertiary alicyclic amines) is 1. The molecule has 4 nitrogen and oxygen atoms in total. The minimum Gasteiger partial charge on any atom is -0.340 e. The monoisotopic (exact) mass is 329 g/mol. The third-order valence-electron chi connectivity index (χ3n) is 5.11. The lowest BCUT2D eigenvalue weighted by molar-refractivity contribution is -0.201. The number of carbonyl (C=O) groups excluding carboxylic acids is 1. The molecule has 0 spiro atoms. The molecule has 0 bridgehead atoms. The Bertz CT molecular complexity index is 529. The van der Waals surface area contributed by atoms with E-state index in [2.05, 4.69) is 5.10 Å². The van der Waals surface area contributed by atoms with E-state index in [1.165, 1.54) is 0 Å². The predicted octanol–water partition coefficient (Wildman–Crippen LogP) is 3.42. The first kappa shape index (κ1) is 16.3. The number of rotatable bonds is 2. The van der Waals surface area contributed by atoms with Gasteiger partial charge in [0.25, 0.3) is 0 Å². The van der Waals surface area contributed by atoms with Crippen LogP contribution in [0, 0.1) is 11.8 Å². The van der Waals surface area contributed by atoms with E-state index in [1.807, 2.05) is 16.9 Å². The molecule has 1 saturated carbocycles. The van der Waals surface area contributed by atoms with Crippen LogP contribution in [0.2, 0.25) is 0 Å². The van der Waals surface area contributed by atoms with Crippen molar-refractivity contribution >= 4 is 5.91 Å². The predicted molar refractivity (Wildman–Crippen MR) is 78.6 cm³/mol. The maximum Gasteiger partial charge on any atom is 0.392 e. The average Bonchev–Trinajstić information content (AvgIpc) is 3.08. The van der Waals surface area contributed by atoms with Gasteiger partial charge in [0.15, 0.2) is 0 Å². The quantitative estimate of drug-likeness (QED) is 0.834. The van der Waals surface area contributed by atoms with Crippen LogP contribution in [0.4, 0.5) is 13.2 Å². The fraction of sp³-hybridized carbons (Fsp3) is 0.750. The first-order valence-corrected chi connectivity index (χ1v) is 8.31. The molecule has 1 aliphatic heterocycles. The van der Waals surface area contributed by atoms with E-state index < -0.39 is 18.0 Å². The van der Waals surface area contributed by atoms with Gasteiger partial charge in [0.2, 0.25) is 5.91 Å². The molecule has 0 N–H and O–H groups in total. The van der Waals surface area contributed by atoms with Crippen molar-refractivity contribution in [2.45, 2.75) is 50.7 Å². The average molecular weight is 329 g/mol. The molecule has 0 radical (unpaired) electrons. The molecule has 1 aliphatic carbocycles. The lowest BCUT2D eigenvalue weighted by atomic mass is 9.77. The van der Waals surface area contributed by atoms with Crippen LogP contribution < -0.4 is 0 Å². The Morgan fingerprint density at radius 3 is 2.61 bits per heavy atom. The summed E-state index contributed by atoms with van der Waals surface area (Å²) in [6.07, 6.45) is 2.65. The van der Waals surface area contributed by atoms with Crippen LogP contribution in [-0.2, 0) is 4.79 Å². The third-order valence-corrected chi connectivity index (χ3v) is 5.11. The Morgan fingerprint density at radius 1 is 1.13 bits per heavy atom. The fourth-order valence-electron chi connectivity index (χ4n) is 3.92. The van der Waals surface area contributed by atoms with Crippen molar-refractivity contribution < 1.29 is 18.0 Å². The maximum absolute atomic E-state index is 13.2. The van der Waals surface area contributed by atoms with Gasteiger partial charge in [0.05, 0.1) is 12.0 Å². The van der Waals surface area contributed by atoms with Crippen LogP contribution in [0.15, 0.2) is 18.5 Å². The molecule has 3 atom stereocenters. The van der Waals surface area contributed by atoms with E-state index in [0.717, 1.165) is 12.8 Å². The first-order valence-electron chi connectivity index (χ1n) is 8.31. The van der Waals surface area contributed by atoms with E-state index in [9.17, 15) is 18.0 Å². The van der Waals surface area contributed by atoms with Gasteiger partial charge in [-0.1, -0.05) is 12.8 Å². The van der Waals surface area contributed by atoms with E-state index in [1.54, 1.807) is 11.1 Å². The van der Waals surface area contributed by atoms with Gasteiger partial charge in [0, 0.05) is 31.4 Å². The Kier molecular flexibility index (Phi) is 4.64. The van der Waals surface area contributed by atoms with E-state index in [-0.39, 0.29) is 18.4 Å². The second-order valence-electron chi connectivity index (χ2n) is 6.61. The molecule has 0 unspecified atom stereocenters. The summed E-state index contributed by atoms with van der Waals surface area (Å²) in [5.74, 6) is -2.70. The Hall–Kier alpha value is -1.53. The second-order valence-corrected chi connectivity index (χ2v) is 6.61. The number of nitrogens with zero attached hydrogens (tertiary/aromatic N) is 3. The molecule has 1 amide bonds. The maximum atomic E-state index is 13.2. The second kappa shape index (κ2) is 6.53. The van der Waals surface area contributed by atoms with Crippen molar-refractivity contribution in [2.24, 2.45) is 11.8 Å². The minimum atomic E-state index is -4.28. The summed E-state index contributed by atoms with van der Waals surface area (Å²) in [4.78, 5) is 14.4. The number of alkyl halides is 3. The molecule has 0 aromatic carbocycles. The Balaban J connectivity index is 1.71. The molecule has 2 aliphatic rings.